The number of carbonyl (C=O) groups excluding carboxylic acids is 2. The quantitative estimate of drug-likeness (QED) is 0.359. The summed E-state index contributed by atoms with van der Waals surface area (Å²) in [4.78, 5) is 22.7. The van der Waals surface area contributed by atoms with Crippen molar-refractivity contribution in [1.82, 2.24) is 0 Å². The Hall–Kier alpha value is -1.00. The maximum absolute atomic E-state index is 12.1. The number of quaternary nitrogens is 1. The van der Waals surface area contributed by atoms with Gasteiger partial charge in [-0.1, -0.05) is 6.42 Å². The van der Waals surface area contributed by atoms with Crippen molar-refractivity contribution in [3.05, 3.63) is 17.4 Å². The van der Waals surface area contributed by atoms with Crippen molar-refractivity contribution in [2.75, 3.05) is 0 Å². The van der Waals surface area contributed by atoms with Gasteiger partial charge in [0.2, 0.25) is 0 Å². The average Bonchev–Trinajstić information content (AvgIpc) is 2.49. The largest absolute Gasteiger partial charge is 0.617 e. The molecule has 0 atom stereocenters. The van der Waals surface area contributed by atoms with Crippen molar-refractivity contribution >= 4 is 11.8 Å². The Balaban J connectivity index is 2.22. The highest BCUT2D eigenvalue weighted by Crippen LogP contribution is 2.30. The molecular weight excluding hydrogens is 182 g/mol. The van der Waals surface area contributed by atoms with Crippen LogP contribution in [0.4, 0.5) is 0 Å². The van der Waals surface area contributed by atoms with Gasteiger partial charge < -0.3 is 5.21 Å². The van der Waals surface area contributed by atoms with Gasteiger partial charge in [0.15, 0.2) is 0 Å². The third-order valence-corrected chi connectivity index (χ3v) is 3.11. The maximum atomic E-state index is 12.1. The highest BCUT2D eigenvalue weighted by atomic mass is 16.6. The van der Waals surface area contributed by atoms with Gasteiger partial charge in [-0.2, -0.15) is 0 Å². The van der Waals surface area contributed by atoms with E-state index in [1.165, 1.54) is 0 Å². The fraction of sp³-hybridized carbons (Fsp3) is 0.600. The lowest BCUT2D eigenvalue weighted by molar-refractivity contribution is -0.749. The molecule has 0 aromatic heterocycles. The van der Waals surface area contributed by atoms with Gasteiger partial charge in [0.25, 0.3) is 0 Å². The van der Waals surface area contributed by atoms with E-state index in [0.29, 0.717) is 12.8 Å². The normalized spacial score (nSPS) is 27.2. The van der Waals surface area contributed by atoms with Gasteiger partial charge in [0, 0.05) is 12.8 Å². The number of carbonyl (C=O) groups is 2. The van der Waals surface area contributed by atoms with Gasteiger partial charge in [-0.25, -0.2) is 14.2 Å². The lowest BCUT2D eigenvalue weighted by Gasteiger charge is -2.41. The number of imide groups is 1. The molecule has 1 fully saturated rings. The molecule has 1 aliphatic carbocycles. The summed E-state index contributed by atoms with van der Waals surface area (Å²) < 4.78 is -1.25. The molecule has 0 radical (unpaired) electrons. The molecule has 4 nitrogen and oxygen atoms in total. The van der Waals surface area contributed by atoms with Gasteiger partial charge in [-0.05, 0) is 12.8 Å². The van der Waals surface area contributed by atoms with Crippen molar-refractivity contribution in [3.63, 3.8) is 0 Å². The molecule has 0 unspecified atom stereocenters. The molecule has 2 rings (SSSR count). The van der Waals surface area contributed by atoms with Crippen molar-refractivity contribution in [3.8, 4) is 0 Å². The van der Waals surface area contributed by atoms with E-state index in [1.54, 1.807) is 0 Å². The SMILES string of the molecule is O=C1C=CC(=O)[N+]1([O-])C1CCCCC1. The number of hydrogen-bond acceptors (Lipinski definition) is 3. The standard InChI is InChI=1S/C10H13NO3/c12-9-6-7-10(13)11(9,14)8-4-2-1-3-5-8/h6-8H,1-5H2. The lowest BCUT2D eigenvalue weighted by Crippen LogP contribution is -2.55. The number of rotatable bonds is 1. The Labute approximate surface area is 82.4 Å². The molecule has 0 saturated heterocycles. The lowest BCUT2D eigenvalue weighted by atomic mass is 9.94. The molecule has 0 N–H and O–H groups in total. The maximum Gasteiger partial charge on any atom is 0.346 e. The van der Waals surface area contributed by atoms with Crippen molar-refractivity contribution < 1.29 is 14.2 Å². The molecule has 14 heavy (non-hydrogen) atoms. The van der Waals surface area contributed by atoms with Crippen LogP contribution in [0.2, 0.25) is 0 Å². The second kappa shape index (κ2) is 3.29. The van der Waals surface area contributed by atoms with Crippen molar-refractivity contribution in [2.24, 2.45) is 0 Å². The second-order valence-electron chi connectivity index (χ2n) is 3.96. The Morgan fingerprint density at radius 3 is 2.07 bits per heavy atom. The predicted molar refractivity (Wildman–Crippen MR) is 49.7 cm³/mol. The first-order valence-corrected chi connectivity index (χ1v) is 5.02. The Morgan fingerprint density at radius 2 is 1.57 bits per heavy atom. The van der Waals surface area contributed by atoms with Crippen LogP contribution >= 0.6 is 0 Å². The minimum absolute atomic E-state index is 0.334. The van der Waals surface area contributed by atoms with Gasteiger partial charge in [0.1, 0.15) is 6.04 Å². The summed E-state index contributed by atoms with van der Waals surface area (Å²) in [5.74, 6) is -1.19. The van der Waals surface area contributed by atoms with Crippen LogP contribution in [-0.4, -0.2) is 22.5 Å². The fourth-order valence-corrected chi connectivity index (χ4v) is 2.28. The fourth-order valence-electron chi connectivity index (χ4n) is 2.28. The minimum atomic E-state index is -1.25. The van der Waals surface area contributed by atoms with Crippen LogP contribution in [0.1, 0.15) is 32.1 Å². The number of nitrogens with zero attached hydrogens (tertiary/aromatic N) is 1. The van der Waals surface area contributed by atoms with E-state index in [4.69, 9.17) is 0 Å². The number of hydroxylamine groups is 3. The van der Waals surface area contributed by atoms with Gasteiger partial charge in [-0.3, -0.25) is 0 Å². The Kier molecular flexibility index (Phi) is 2.25. The molecular formula is C10H13NO3. The van der Waals surface area contributed by atoms with E-state index in [1.807, 2.05) is 0 Å². The van der Waals surface area contributed by atoms with Crippen LogP contribution in [0.3, 0.4) is 0 Å². The molecule has 1 heterocycles. The van der Waals surface area contributed by atoms with E-state index in [9.17, 15) is 14.8 Å². The molecule has 0 bridgehead atoms. The molecule has 0 aromatic carbocycles. The van der Waals surface area contributed by atoms with E-state index < -0.39 is 16.5 Å². The Morgan fingerprint density at radius 1 is 1.07 bits per heavy atom. The topological polar surface area (TPSA) is 57.2 Å². The molecule has 1 saturated carbocycles. The minimum Gasteiger partial charge on any atom is -0.617 e. The molecule has 1 aliphatic heterocycles. The predicted octanol–water partition coefficient (Wildman–Crippen LogP) is 1.26. The summed E-state index contributed by atoms with van der Waals surface area (Å²) in [6.45, 7) is 0. The van der Waals surface area contributed by atoms with E-state index >= 15 is 0 Å². The summed E-state index contributed by atoms with van der Waals surface area (Å²) in [6.07, 6.45) is 6.63. The second-order valence-corrected chi connectivity index (χ2v) is 3.96. The summed E-state index contributed by atoms with van der Waals surface area (Å²) in [6, 6.07) is -0.334. The molecule has 0 aromatic rings. The first-order valence-electron chi connectivity index (χ1n) is 5.02. The van der Waals surface area contributed by atoms with Crippen LogP contribution in [0.5, 0.6) is 0 Å². The van der Waals surface area contributed by atoms with Crippen molar-refractivity contribution in [1.29, 1.82) is 0 Å². The van der Waals surface area contributed by atoms with Crippen LogP contribution < -0.4 is 0 Å². The summed E-state index contributed by atoms with van der Waals surface area (Å²) >= 11 is 0. The zero-order chi connectivity index (χ0) is 10.2. The summed E-state index contributed by atoms with van der Waals surface area (Å²) in [5, 5.41) is 12.1. The van der Waals surface area contributed by atoms with E-state index in [-0.39, 0.29) is 6.04 Å². The average molecular weight is 195 g/mol. The molecule has 2 aliphatic rings. The van der Waals surface area contributed by atoms with Gasteiger partial charge >= 0.3 is 11.8 Å². The zero-order valence-electron chi connectivity index (χ0n) is 7.94. The highest BCUT2D eigenvalue weighted by Gasteiger charge is 2.44. The monoisotopic (exact) mass is 195 g/mol. The third-order valence-electron chi connectivity index (χ3n) is 3.11. The highest BCUT2D eigenvalue weighted by molar-refractivity contribution is 6.04. The first-order chi connectivity index (χ1) is 6.65. The van der Waals surface area contributed by atoms with Gasteiger partial charge in [0.05, 0.1) is 12.2 Å². The zero-order valence-corrected chi connectivity index (χ0v) is 7.94. The first kappa shape index (κ1) is 9.55. The van der Waals surface area contributed by atoms with Gasteiger partial charge in [-0.15, -0.1) is 0 Å². The molecule has 0 spiro atoms. The third kappa shape index (κ3) is 1.22. The summed E-state index contributed by atoms with van der Waals surface area (Å²) in [5.41, 5.74) is 0. The molecule has 2 amide bonds. The van der Waals surface area contributed by atoms with Crippen LogP contribution in [0.25, 0.3) is 0 Å². The van der Waals surface area contributed by atoms with E-state index in [2.05, 4.69) is 0 Å². The van der Waals surface area contributed by atoms with Crippen LogP contribution in [-0.2, 0) is 9.59 Å². The van der Waals surface area contributed by atoms with Crippen molar-refractivity contribution in [2.45, 2.75) is 38.1 Å². The number of hydrogen-bond donors (Lipinski definition) is 0. The molecule has 4 heteroatoms. The molecule has 76 valence electrons. The van der Waals surface area contributed by atoms with Crippen LogP contribution in [0.15, 0.2) is 12.2 Å². The summed E-state index contributed by atoms with van der Waals surface area (Å²) in [7, 11) is 0. The Bertz CT molecular complexity index is 284. The number of amides is 2. The van der Waals surface area contributed by atoms with E-state index in [0.717, 1.165) is 31.4 Å². The smallest absolute Gasteiger partial charge is 0.346 e. The van der Waals surface area contributed by atoms with Crippen LogP contribution in [0, 0.1) is 5.21 Å².